The summed E-state index contributed by atoms with van der Waals surface area (Å²) in [7, 11) is 0. The van der Waals surface area contributed by atoms with E-state index in [0.29, 0.717) is 5.57 Å². The van der Waals surface area contributed by atoms with Gasteiger partial charge in [-0.15, -0.1) is 0 Å². The van der Waals surface area contributed by atoms with Crippen LogP contribution in [0.4, 0.5) is 0 Å². The molecule has 1 saturated carbocycles. The normalized spacial score (nSPS) is 20.5. The van der Waals surface area contributed by atoms with Crippen molar-refractivity contribution in [2.45, 2.75) is 45.1 Å². The first-order valence-corrected chi connectivity index (χ1v) is 4.51. The summed E-state index contributed by atoms with van der Waals surface area (Å²) in [6.07, 6.45) is 4.66. The molecule has 1 amide bonds. The highest BCUT2D eigenvalue weighted by atomic mass is 16.1. The van der Waals surface area contributed by atoms with E-state index in [1.165, 1.54) is 12.8 Å². The minimum atomic E-state index is -0.000556. The van der Waals surface area contributed by atoms with Gasteiger partial charge in [-0.2, -0.15) is 0 Å². The van der Waals surface area contributed by atoms with Gasteiger partial charge in [-0.3, -0.25) is 4.79 Å². The second kappa shape index (κ2) is 3.30. The molecule has 0 aromatic heterocycles. The minimum absolute atomic E-state index is 0.000556. The molecule has 12 heavy (non-hydrogen) atoms. The van der Waals surface area contributed by atoms with Crippen LogP contribution in [0.1, 0.15) is 39.5 Å². The highest BCUT2D eigenvalue weighted by molar-refractivity contribution is 5.92. The van der Waals surface area contributed by atoms with Crippen molar-refractivity contribution in [1.82, 2.24) is 5.32 Å². The van der Waals surface area contributed by atoms with E-state index >= 15 is 0 Å². The van der Waals surface area contributed by atoms with Crippen LogP contribution in [0.3, 0.4) is 0 Å². The largest absolute Gasteiger partial charge is 0.347 e. The molecule has 1 aliphatic rings. The lowest BCUT2D eigenvalue weighted by atomic mass is 10.0. The number of carbonyl (C=O) groups is 1. The Balaban J connectivity index is 2.49. The van der Waals surface area contributed by atoms with Crippen molar-refractivity contribution in [2.24, 2.45) is 0 Å². The average molecular weight is 167 g/mol. The van der Waals surface area contributed by atoms with E-state index in [9.17, 15) is 4.79 Å². The van der Waals surface area contributed by atoms with E-state index in [4.69, 9.17) is 0 Å². The highest BCUT2D eigenvalue weighted by Crippen LogP contribution is 2.28. The molecular formula is C10H17NO. The van der Waals surface area contributed by atoms with Crippen LogP contribution in [0, 0.1) is 0 Å². The topological polar surface area (TPSA) is 29.1 Å². The molecule has 2 nitrogen and oxygen atoms in total. The molecule has 1 aliphatic carbocycles. The van der Waals surface area contributed by atoms with Gasteiger partial charge in [0.2, 0.25) is 5.91 Å². The SMILES string of the molecule is C=C(C)C(=O)NC1(C)CCCC1. The Hall–Kier alpha value is -0.790. The first-order valence-electron chi connectivity index (χ1n) is 4.51. The van der Waals surface area contributed by atoms with Crippen LogP contribution in [0.25, 0.3) is 0 Å². The summed E-state index contributed by atoms with van der Waals surface area (Å²) in [5.41, 5.74) is 0.638. The van der Waals surface area contributed by atoms with Gasteiger partial charge in [-0.25, -0.2) is 0 Å². The van der Waals surface area contributed by atoms with Crippen LogP contribution in [0.5, 0.6) is 0 Å². The predicted molar refractivity (Wildman–Crippen MR) is 49.8 cm³/mol. The van der Waals surface area contributed by atoms with E-state index in [0.717, 1.165) is 12.8 Å². The van der Waals surface area contributed by atoms with Crippen LogP contribution in [0.15, 0.2) is 12.2 Å². The van der Waals surface area contributed by atoms with Crippen LogP contribution in [-0.4, -0.2) is 11.4 Å². The van der Waals surface area contributed by atoms with Crippen molar-refractivity contribution in [3.63, 3.8) is 0 Å². The van der Waals surface area contributed by atoms with Crippen molar-refractivity contribution < 1.29 is 4.79 Å². The van der Waals surface area contributed by atoms with Crippen molar-refractivity contribution in [2.75, 3.05) is 0 Å². The maximum Gasteiger partial charge on any atom is 0.246 e. The molecule has 0 aromatic rings. The third kappa shape index (κ3) is 2.10. The number of nitrogens with one attached hydrogen (secondary N) is 1. The summed E-state index contributed by atoms with van der Waals surface area (Å²) < 4.78 is 0. The van der Waals surface area contributed by atoms with E-state index in [-0.39, 0.29) is 11.4 Å². The van der Waals surface area contributed by atoms with Gasteiger partial charge in [-0.1, -0.05) is 19.4 Å². The second-order valence-electron chi connectivity index (χ2n) is 4.00. The molecular weight excluding hydrogens is 150 g/mol. The zero-order valence-electron chi connectivity index (χ0n) is 7.94. The monoisotopic (exact) mass is 167 g/mol. The fraction of sp³-hybridized carbons (Fsp3) is 0.700. The number of hydrogen-bond donors (Lipinski definition) is 1. The molecule has 0 bridgehead atoms. The molecule has 0 aromatic carbocycles. The molecule has 0 radical (unpaired) electrons. The lowest BCUT2D eigenvalue weighted by Crippen LogP contribution is -2.43. The van der Waals surface area contributed by atoms with Gasteiger partial charge >= 0.3 is 0 Å². The molecule has 0 spiro atoms. The standard InChI is InChI=1S/C10H17NO/c1-8(2)9(12)11-10(3)6-4-5-7-10/h1,4-7H2,2-3H3,(H,11,12). The van der Waals surface area contributed by atoms with E-state index in [1.807, 2.05) is 0 Å². The van der Waals surface area contributed by atoms with Crippen molar-refractivity contribution >= 4 is 5.91 Å². The number of hydrogen-bond acceptors (Lipinski definition) is 1. The highest BCUT2D eigenvalue weighted by Gasteiger charge is 2.29. The molecule has 1 fully saturated rings. The third-order valence-corrected chi connectivity index (χ3v) is 2.51. The molecule has 1 N–H and O–H groups in total. The zero-order valence-corrected chi connectivity index (χ0v) is 7.94. The first-order chi connectivity index (χ1) is 5.53. The Bertz CT molecular complexity index is 202. The number of rotatable bonds is 2. The molecule has 0 unspecified atom stereocenters. The Morgan fingerprint density at radius 3 is 2.33 bits per heavy atom. The van der Waals surface area contributed by atoms with Gasteiger partial charge < -0.3 is 5.32 Å². The molecule has 68 valence electrons. The summed E-state index contributed by atoms with van der Waals surface area (Å²) in [6, 6.07) is 0. The maximum atomic E-state index is 11.3. The second-order valence-corrected chi connectivity index (χ2v) is 4.00. The van der Waals surface area contributed by atoms with Crippen molar-refractivity contribution in [3.05, 3.63) is 12.2 Å². The third-order valence-electron chi connectivity index (χ3n) is 2.51. The lowest BCUT2D eigenvalue weighted by molar-refractivity contribution is -0.119. The van der Waals surface area contributed by atoms with Crippen molar-refractivity contribution in [3.8, 4) is 0 Å². The quantitative estimate of drug-likeness (QED) is 0.626. The Morgan fingerprint density at radius 2 is 1.92 bits per heavy atom. The summed E-state index contributed by atoms with van der Waals surface area (Å²) in [6.45, 7) is 7.47. The molecule has 2 heteroatoms. The molecule has 0 heterocycles. The molecule has 1 rings (SSSR count). The van der Waals surface area contributed by atoms with E-state index in [1.54, 1.807) is 6.92 Å². The smallest absolute Gasteiger partial charge is 0.246 e. The lowest BCUT2D eigenvalue weighted by Gasteiger charge is -2.25. The zero-order chi connectivity index (χ0) is 9.19. The van der Waals surface area contributed by atoms with Gasteiger partial charge in [0, 0.05) is 11.1 Å². The molecule has 0 saturated heterocycles. The summed E-state index contributed by atoms with van der Waals surface area (Å²) in [5, 5.41) is 3.02. The Morgan fingerprint density at radius 1 is 1.42 bits per heavy atom. The number of carbonyl (C=O) groups excluding carboxylic acids is 1. The summed E-state index contributed by atoms with van der Waals surface area (Å²) in [4.78, 5) is 11.3. The van der Waals surface area contributed by atoms with Crippen LogP contribution in [-0.2, 0) is 4.79 Å². The summed E-state index contributed by atoms with van der Waals surface area (Å²) >= 11 is 0. The van der Waals surface area contributed by atoms with E-state index < -0.39 is 0 Å². The van der Waals surface area contributed by atoms with E-state index in [2.05, 4.69) is 18.8 Å². The average Bonchev–Trinajstić information content (AvgIpc) is 2.35. The van der Waals surface area contributed by atoms with Crippen LogP contribution in [0.2, 0.25) is 0 Å². The van der Waals surface area contributed by atoms with Crippen molar-refractivity contribution in [1.29, 1.82) is 0 Å². The van der Waals surface area contributed by atoms with Gasteiger partial charge in [0.05, 0.1) is 0 Å². The predicted octanol–water partition coefficient (Wildman–Crippen LogP) is 2.01. The molecule has 0 atom stereocenters. The fourth-order valence-corrected chi connectivity index (χ4v) is 1.66. The first kappa shape index (κ1) is 9.30. The van der Waals surface area contributed by atoms with Crippen LogP contribution < -0.4 is 5.32 Å². The number of amides is 1. The minimum Gasteiger partial charge on any atom is -0.347 e. The molecule has 0 aliphatic heterocycles. The van der Waals surface area contributed by atoms with Crippen LogP contribution >= 0.6 is 0 Å². The fourth-order valence-electron chi connectivity index (χ4n) is 1.66. The van der Waals surface area contributed by atoms with Gasteiger partial charge in [0.1, 0.15) is 0 Å². The van der Waals surface area contributed by atoms with Gasteiger partial charge in [0.15, 0.2) is 0 Å². The Labute approximate surface area is 74.0 Å². The summed E-state index contributed by atoms with van der Waals surface area (Å²) in [5.74, 6) is -0.000556. The van der Waals surface area contributed by atoms with Gasteiger partial charge in [0.25, 0.3) is 0 Å². The Kier molecular flexibility index (Phi) is 2.55. The van der Waals surface area contributed by atoms with Gasteiger partial charge in [-0.05, 0) is 26.7 Å². The maximum absolute atomic E-state index is 11.3.